The number of anilines is 1. The summed E-state index contributed by atoms with van der Waals surface area (Å²) in [6, 6.07) is 18.2. The van der Waals surface area contributed by atoms with Crippen LogP contribution in [0.5, 0.6) is 11.8 Å². The van der Waals surface area contributed by atoms with Crippen LogP contribution < -0.4 is 14.8 Å². The Morgan fingerprint density at radius 2 is 1.91 bits per heavy atom. The number of rotatable bonds is 9. The SMILES string of the molecule is COCCOc1nc(-c2ccc(OC)cc2)n(-c2cccc(NC(=O)c3ccco3)c2)n1. The van der Waals surface area contributed by atoms with Crippen molar-refractivity contribution < 1.29 is 23.4 Å². The van der Waals surface area contributed by atoms with E-state index in [9.17, 15) is 4.79 Å². The molecule has 1 amide bonds. The van der Waals surface area contributed by atoms with Gasteiger partial charge in [-0.1, -0.05) is 6.07 Å². The minimum Gasteiger partial charge on any atom is -0.497 e. The number of ether oxygens (including phenoxy) is 3. The molecule has 0 fully saturated rings. The molecule has 0 saturated heterocycles. The van der Waals surface area contributed by atoms with Crippen molar-refractivity contribution in [3.63, 3.8) is 0 Å². The maximum Gasteiger partial charge on any atom is 0.336 e. The molecule has 0 aliphatic heterocycles. The van der Waals surface area contributed by atoms with E-state index >= 15 is 0 Å². The van der Waals surface area contributed by atoms with Gasteiger partial charge in [0.1, 0.15) is 12.4 Å². The van der Waals surface area contributed by atoms with Crippen molar-refractivity contribution in [1.82, 2.24) is 14.8 Å². The first-order valence-corrected chi connectivity index (χ1v) is 9.86. The smallest absolute Gasteiger partial charge is 0.336 e. The van der Waals surface area contributed by atoms with Gasteiger partial charge in [0.2, 0.25) is 0 Å². The van der Waals surface area contributed by atoms with E-state index in [1.807, 2.05) is 36.4 Å². The third-order valence-electron chi connectivity index (χ3n) is 4.55. The Morgan fingerprint density at radius 1 is 1.06 bits per heavy atom. The van der Waals surface area contributed by atoms with Crippen molar-refractivity contribution in [3.05, 3.63) is 72.7 Å². The highest BCUT2D eigenvalue weighted by Gasteiger charge is 2.16. The molecule has 0 atom stereocenters. The number of aromatic nitrogens is 3. The summed E-state index contributed by atoms with van der Waals surface area (Å²) >= 11 is 0. The predicted octanol–water partition coefficient (Wildman–Crippen LogP) is 3.81. The number of amides is 1. The molecule has 0 spiro atoms. The lowest BCUT2D eigenvalue weighted by atomic mass is 10.2. The number of hydrogen-bond acceptors (Lipinski definition) is 7. The summed E-state index contributed by atoms with van der Waals surface area (Å²) in [5.74, 6) is 1.20. The molecule has 0 saturated carbocycles. The van der Waals surface area contributed by atoms with Crippen LogP contribution in [0, 0.1) is 0 Å². The third kappa shape index (κ3) is 4.79. The normalized spacial score (nSPS) is 10.7. The van der Waals surface area contributed by atoms with Gasteiger partial charge in [-0.3, -0.25) is 4.79 Å². The van der Waals surface area contributed by atoms with E-state index in [0.717, 1.165) is 11.3 Å². The van der Waals surface area contributed by atoms with Crippen LogP contribution in [0.3, 0.4) is 0 Å². The largest absolute Gasteiger partial charge is 0.497 e. The summed E-state index contributed by atoms with van der Waals surface area (Å²) in [6.07, 6.45) is 1.45. The first kappa shape index (κ1) is 21.1. The van der Waals surface area contributed by atoms with Crippen molar-refractivity contribution in [1.29, 1.82) is 0 Å². The van der Waals surface area contributed by atoms with Crippen molar-refractivity contribution in [2.24, 2.45) is 0 Å². The van der Waals surface area contributed by atoms with E-state index < -0.39 is 0 Å². The molecule has 164 valence electrons. The van der Waals surface area contributed by atoms with Gasteiger partial charge in [-0.25, -0.2) is 4.68 Å². The van der Waals surface area contributed by atoms with Gasteiger partial charge < -0.3 is 23.9 Å². The molecule has 32 heavy (non-hydrogen) atoms. The molecule has 4 aromatic rings. The Kier molecular flexibility index (Phi) is 6.47. The molecule has 0 aliphatic rings. The summed E-state index contributed by atoms with van der Waals surface area (Å²) in [5.41, 5.74) is 2.11. The number of benzene rings is 2. The quantitative estimate of drug-likeness (QED) is 0.400. The molecular formula is C23H22N4O5. The number of furan rings is 1. The van der Waals surface area contributed by atoms with E-state index in [2.05, 4.69) is 15.4 Å². The van der Waals surface area contributed by atoms with Crippen molar-refractivity contribution >= 4 is 11.6 Å². The summed E-state index contributed by atoms with van der Waals surface area (Å²) in [6.45, 7) is 0.739. The van der Waals surface area contributed by atoms with Gasteiger partial charge in [-0.15, -0.1) is 5.10 Å². The Morgan fingerprint density at radius 3 is 2.62 bits per heavy atom. The molecule has 2 heterocycles. The highest BCUT2D eigenvalue weighted by molar-refractivity contribution is 6.02. The monoisotopic (exact) mass is 434 g/mol. The second-order valence-electron chi connectivity index (χ2n) is 6.68. The fourth-order valence-corrected chi connectivity index (χ4v) is 2.99. The molecule has 2 aromatic carbocycles. The van der Waals surface area contributed by atoms with Crippen LogP contribution in [0.1, 0.15) is 10.6 Å². The van der Waals surface area contributed by atoms with Crippen LogP contribution in [0.25, 0.3) is 17.1 Å². The molecular weight excluding hydrogens is 412 g/mol. The Balaban J connectivity index is 1.67. The number of hydrogen-bond donors (Lipinski definition) is 1. The van der Waals surface area contributed by atoms with Gasteiger partial charge in [0.15, 0.2) is 11.6 Å². The van der Waals surface area contributed by atoms with Crippen molar-refractivity contribution in [3.8, 4) is 28.8 Å². The van der Waals surface area contributed by atoms with Crippen LogP contribution in [-0.2, 0) is 4.74 Å². The van der Waals surface area contributed by atoms with E-state index in [1.54, 1.807) is 43.2 Å². The van der Waals surface area contributed by atoms with Crippen LogP contribution in [0.4, 0.5) is 5.69 Å². The highest BCUT2D eigenvalue weighted by atomic mass is 16.5. The average molecular weight is 434 g/mol. The molecule has 9 nitrogen and oxygen atoms in total. The summed E-state index contributed by atoms with van der Waals surface area (Å²) in [5, 5.41) is 7.33. The van der Waals surface area contributed by atoms with E-state index in [0.29, 0.717) is 30.4 Å². The van der Waals surface area contributed by atoms with Gasteiger partial charge >= 0.3 is 6.01 Å². The van der Waals surface area contributed by atoms with Crippen LogP contribution >= 0.6 is 0 Å². The lowest BCUT2D eigenvalue weighted by Gasteiger charge is -2.09. The molecule has 2 aromatic heterocycles. The average Bonchev–Trinajstić information content (AvgIpc) is 3.50. The van der Waals surface area contributed by atoms with E-state index in [-0.39, 0.29) is 17.7 Å². The van der Waals surface area contributed by atoms with Crippen LogP contribution in [0.2, 0.25) is 0 Å². The number of carbonyl (C=O) groups is 1. The Bertz CT molecular complexity index is 1170. The first-order valence-electron chi connectivity index (χ1n) is 9.86. The number of nitrogens with zero attached hydrogens (tertiary/aromatic N) is 3. The van der Waals surface area contributed by atoms with Gasteiger partial charge in [0.25, 0.3) is 5.91 Å². The van der Waals surface area contributed by atoms with Gasteiger partial charge in [-0.2, -0.15) is 4.98 Å². The fraction of sp³-hybridized carbons (Fsp3) is 0.174. The second-order valence-corrected chi connectivity index (χ2v) is 6.68. The standard InChI is InChI=1S/C23H22N4O5/c1-29-13-14-32-23-25-21(16-8-10-19(30-2)11-9-16)27(26-23)18-6-3-5-17(15-18)24-22(28)20-7-4-12-31-20/h3-12,15H,13-14H2,1-2H3,(H,24,28). The van der Waals surface area contributed by atoms with Gasteiger partial charge in [0.05, 0.1) is 25.7 Å². The minimum absolute atomic E-state index is 0.220. The van der Waals surface area contributed by atoms with Crippen molar-refractivity contribution in [2.45, 2.75) is 0 Å². The van der Waals surface area contributed by atoms with Gasteiger partial charge in [0, 0.05) is 18.4 Å². The summed E-state index contributed by atoms with van der Waals surface area (Å²) in [7, 11) is 3.21. The first-order chi connectivity index (χ1) is 15.7. The van der Waals surface area contributed by atoms with Crippen molar-refractivity contribution in [2.75, 3.05) is 32.8 Å². The maximum atomic E-state index is 12.3. The number of nitrogens with one attached hydrogen (secondary N) is 1. The topological polar surface area (TPSA) is 101 Å². The van der Waals surface area contributed by atoms with E-state index in [1.165, 1.54) is 6.26 Å². The Labute approximate surface area is 184 Å². The lowest BCUT2D eigenvalue weighted by Crippen LogP contribution is -2.11. The zero-order chi connectivity index (χ0) is 22.3. The van der Waals surface area contributed by atoms with Crippen LogP contribution in [-0.4, -0.2) is 48.1 Å². The molecule has 0 radical (unpaired) electrons. The van der Waals surface area contributed by atoms with Crippen LogP contribution in [0.15, 0.2) is 71.3 Å². The fourth-order valence-electron chi connectivity index (χ4n) is 2.99. The molecule has 0 bridgehead atoms. The summed E-state index contributed by atoms with van der Waals surface area (Å²) < 4.78 is 22.7. The molecule has 9 heteroatoms. The number of methoxy groups -OCH3 is 2. The van der Waals surface area contributed by atoms with Gasteiger partial charge in [-0.05, 0) is 54.6 Å². The highest BCUT2D eigenvalue weighted by Crippen LogP contribution is 2.26. The zero-order valence-electron chi connectivity index (χ0n) is 17.6. The predicted molar refractivity (Wildman–Crippen MR) is 117 cm³/mol. The minimum atomic E-state index is -0.343. The molecule has 1 N–H and O–H groups in total. The lowest BCUT2D eigenvalue weighted by molar-refractivity contribution is 0.0996. The Hall–Kier alpha value is -4.11. The number of carbonyl (C=O) groups excluding carboxylic acids is 1. The van der Waals surface area contributed by atoms with E-state index in [4.69, 9.17) is 18.6 Å². The molecule has 4 rings (SSSR count). The zero-order valence-corrected chi connectivity index (χ0v) is 17.6. The molecule has 0 aliphatic carbocycles. The summed E-state index contributed by atoms with van der Waals surface area (Å²) in [4.78, 5) is 16.9. The third-order valence-corrected chi connectivity index (χ3v) is 4.55. The molecule has 0 unspecified atom stereocenters. The second kappa shape index (κ2) is 9.80. The maximum absolute atomic E-state index is 12.3.